The molecule has 4 aromatic rings. The molecule has 2 N–H and O–H groups in total. The Hall–Kier alpha value is -3.87. The third kappa shape index (κ3) is 3.14. The van der Waals surface area contributed by atoms with Crippen molar-refractivity contribution in [3.05, 3.63) is 77.6 Å². The molecule has 0 amide bonds. The molecule has 0 radical (unpaired) electrons. The molecule has 7 nitrogen and oxygen atoms in total. The van der Waals surface area contributed by atoms with Gasteiger partial charge in [0.1, 0.15) is 11.3 Å². The minimum Gasteiger partial charge on any atom is -0.497 e. The predicted molar refractivity (Wildman–Crippen MR) is 103 cm³/mol. The molecule has 140 valence electrons. The molecule has 2 aromatic carbocycles. The van der Waals surface area contributed by atoms with E-state index in [1.165, 1.54) is 0 Å². The summed E-state index contributed by atoms with van der Waals surface area (Å²) in [4.78, 5) is 15.3. The lowest BCUT2D eigenvalue weighted by molar-refractivity contribution is 0.0692. The topological polar surface area (TPSA) is 97.0 Å². The highest BCUT2D eigenvalue weighted by Crippen LogP contribution is 2.27. The molecule has 0 bridgehead atoms. The summed E-state index contributed by atoms with van der Waals surface area (Å²) in [5.41, 5.74) is 3.96. The molecule has 0 unspecified atom stereocenters. The summed E-state index contributed by atoms with van der Waals surface area (Å²) >= 11 is 0. The Balaban J connectivity index is 1.64. The number of hydrogen-bond acceptors (Lipinski definition) is 5. The number of benzene rings is 2. The minimum absolute atomic E-state index is 0.296. The van der Waals surface area contributed by atoms with Crippen LogP contribution in [0, 0.1) is 0 Å². The number of aromatic hydroxyl groups is 1. The fraction of sp³-hybridized carbons (Fsp3) is 0.0952. The first kappa shape index (κ1) is 17.5. The summed E-state index contributed by atoms with van der Waals surface area (Å²) in [6, 6.07) is 15.9. The summed E-state index contributed by atoms with van der Waals surface area (Å²) in [5, 5.41) is 23.3. The van der Waals surface area contributed by atoms with Crippen LogP contribution in [0.1, 0.15) is 21.5 Å². The van der Waals surface area contributed by atoms with Gasteiger partial charge in [0.05, 0.1) is 13.3 Å². The van der Waals surface area contributed by atoms with Gasteiger partial charge in [0.25, 0.3) is 0 Å². The van der Waals surface area contributed by atoms with E-state index in [0.29, 0.717) is 11.2 Å². The van der Waals surface area contributed by atoms with E-state index in [4.69, 9.17) is 9.84 Å². The number of ether oxygens (including phenoxy) is 1. The van der Waals surface area contributed by atoms with Gasteiger partial charge in [-0.2, -0.15) is 9.61 Å². The average molecular weight is 375 g/mol. The third-order valence-electron chi connectivity index (χ3n) is 4.54. The Morgan fingerprint density at radius 3 is 2.61 bits per heavy atom. The maximum absolute atomic E-state index is 11.1. The number of rotatable bonds is 5. The molecule has 7 heteroatoms. The van der Waals surface area contributed by atoms with E-state index < -0.39 is 11.8 Å². The van der Waals surface area contributed by atoms with Gasteiger partial charge in [-0.3, -0.25) is 0 Å². The van der Waals surface area contributed by atoms with Crippen molar-refractivity contribution < 1.29 is 19.7 Å². The van der Waals surface area contributed by atoms with E-state index >= 15 is 0 Å². The van der Waals surface area contributed by atoms with Crippen molar-refractivity contribution in [3.8, 4) is 22.8 Å². The van der Waals surface area contributed by atoms with Crippen molar-refractivity contribution in [2.75, 3.05) is 7.11 Å². The Morgan fingerprint density at radius 1 is 1.11 bits per heavy atom. The largest absolute Gasteiger partial charge is 0.497 e. The number of carboxylic acids is 1. The number of carbonyl (C=O) groups is 1. The van der Waals surface area contributed by atoms with E-state index in [9.17, 15) is 9.90 Å². The predicted octanol–water partition coefficient (Wildman–Crippen LogP) is 3.40. The van der Waals surface area contributed by atoms with Crippen molar-refractivity contribution in [2.45, 2.75) is 6.42 Å². The summed E-state index contributed by atoms with van der Waals surface area (Å²) in [6.07, 6.45) is 3.47. The molecule has 0 saturated carbocycles. The lowest BCUT2D eigenvalue weighted by atomic mass is 10.0. The summed E-state index contributed by atoms with van der Waals surface area (Å²) in [5.74, 6) is -0.878. The number of methoxy groups -OCH3 is 1. The Labute approximate surface area is 160 Å². The maximum Gasteiger partial charge on any atom is 0.342 e. The van der Waals surface area contributed by atoms with Crippen LogP contribution in [-0.2, 0) is 6.42 Å². The van der Waals surface area contributed by atoms with Crippen molar-refractivity contribution in [1.29, 1.82) is 0 Å². The highest BCUT2D eigenvalue weighted by Gasteiger charge is 2.17. The summed E-state index contributed by atoms with van der Waals surface area (Å²) in [7, 11) is 1.65. The second kappa shape index (κ2) is 7.03. The number of aromatic nitrogens is 3. The van der Waals surface area contributed by atoms with Crippen molar-refractivity contribution in [3.63, 3.8) is 0 Å². The van der Waals surface area contributed by atoms with Crippen LogP contribution in [0.4, 0.5) is 0 Å². The minimum atomic E-state index is -1.26. The zero-order valence-electron chi connectivity index (χ0n) is 15.0. The molecular formula is C21H17N3O4. The van der Waals surface area contributed by atoms with E-state index in [2.05, 4.69) is 16.1 Å². The highest BCUT2D eigenvalue weighted by molar-refractivity contribution is 5.90. The number of aromatic carboxylic acids is 1. The van der Waals surface area contributed by atoms with Crippen LogP contribution in [0.3, 0.4) is 0 Å². The van der Waals surface area contributed by atoms with Gasteiger partial charge in [0.2, 0.25) is 5.88 Å². The smallest absolute Gasteiger partial charge is 0.342 e. The van der Waals surface area contributed by atoms with Crippen LogP contribution in [0.5, 0.6) is 11.6 Å². The van der Waals surface area contributed by atoms with Gasteiger partial charge in [-0.1, -0.05) is 36.4 Å². The summed E-state index contributed by atoms with van der Waals surface area (Å²) < 4.78 is 6.39. The average Bonchev–Trinajstić information content (AvgIpc) is 3.14. The standard InChI is InChI=1S/C21H17N3O4/c1-28-16-4-2-3-14(10-16)9-13-5-7-15(8-6-13)17-12-23-24-19(17)22-11-18(20(24)25)21(26)27/h2-8,10-12,25H,9H2,1H3,(H,26,27). The van der Waals surface area contributed by atoms with E-state index in [0.717, 1.165) is 39.6 Å². The van der Waals surface area contributed by atoms with Gasteiger partial charge in [-0.05, 0) is 35.2 Å². The fourth-order valence-corrected chi connectivity index (χ4v) is 3.09. The zero-order chi connectivity index (χ0) is 19.7. The van der Waals surface area contributed by atoms with Crippen molar-refractivity contribution in [1.82, 2.24) is 14.6 Å². The molecule has 0 aliphatic heterocycles. The lowest BCUT2D eigenvalue weighted by Gasteiger charge is -2.06. The van der Waals surface area contributed by atoms with Crippen LogP contribution >= 0.6 is 0 Å². The van der Waals surface area contributed by atoms with Crippen LogP contribution in [0.25, 0.3) is 16.8 Å². The number of nitrogens with zero attached hydrogens (tertiary/aromatic N) is 3. The van der Waals surface area contributed by atoms with Gasteiger partial charge in [0, 0.05) is 11.8 Å². The van der Waals surface area contributed by atoms with E-state index in [1.54, 1.807) is 13.3 Å². The Bertz CT molecular complexity index is 1170. The first-order chi connectivity index (χ1) is 13.6. The molecule has 0 atom stereocenters. The number of hydrogen-bond donors (Lipinski definition) is 2. The fourth-order valence-electron chi connectivity index (χ4n) is 3.09. The normalized spacial score (nSPS) is 10.9. The quantitative estimate of drug-likeness (QED) is 0.555. The van der Waals surface area contributed by atoms with Crippen molar-refractivity contribution >= 4 is 11.6 Å². The van der Waals surface area contributed by atoms with Gasteiger partial charge in [-0.25, -0.2) is 9.78 Å². The molecule has 2 aromatic heterocycles. The van der Waals surface area contributed by atoms with Crippen LogP contribution in [0.15, 0.2) is 60.9 Å². The van der Waals surface area contributed by atoms with Gasteiger partial charge < -0.3 is 14.9 Å². The number of fused-ring (bicyclic) bond motifs is 1. The SMILES string of the molecule is COc1cccc(Cc2ccc(-c3cnn4c(O)c(C(=O)O)cnc34)cc2)c1. The monoisotopic (exact) mass is 375 g/mol. The molecule has 0 fully saturated rings. The first-order valence-electron chi connectivity index (χ1n) is 8.58. The second-order valence-corrected chi connectivity index (χ2v) is 6.32. The molecule has 28 heavy (non-hydrogen) atoms. The molecule has 0 spiro atoms. The van der Waals surface area contributed by atoms with Crippen LogP contribution in [0.2, 0.25) is 0 Å². The zero-order valence-corrected chi connectivity index (χ0v) is 15.0. The molecule has 0 aliphatic carbocycles. The van der Waals surface area contributed by atoms with Gasteiger partial charge in [0.15, 0.2) is 5.65 Å². The maximum atomic E-state index is 11.1. The number of carboxylic acid groups (broad SMARTS) is 1. The first-order valence-corrected chi connectivity index (χ1v) is 8.58. The van der Waals surface area contributed by atoms with Gasteiger partial charge >= 0.3 is 5.97 Å². The molecule has 0 saturated heterocycles. The third-order valence-corrected chi connectivity index (χ3v) is 4.54. The van der Waals surface area contributed by atoms with E-state index in [-0.39, 0.29) is 5.56 Å². The molecule has 4 rings (SSSR count). The highest BCUT2D eigenvalue weighted by atomic mass is 16.5. The van der Waals surface area contributed by atoms with Gasteiger partial charge in [-0.15, -0.1) is 0 Å². The second-order valence-electron chi connectivity index (χ2n) is 6.32. The molecule has 2 heterocycles. The summed E-state index contributed by atoms with van der Waals surface area (Å²) in [6.45, 7) is 0. The molecule has 0 aliphatic rings. The Morgan fingerprint density at radius 2 is 1.89 bits per heavy atom. The molecular weight excluding hydrogens is 358 g/mol. The van der Waals surface area contributed by atoms with Crippen molar-refractivity contribution in [2.24, 2.45) is 0 Å². The van der Waals surface area contributed by atoms with Crippen LogP contribution < -0.4 is 4.74 Å². The van der Waals surface area contributed by atoms with E-state index in [1.807, 2.05) is 42.5 Å². The Kier molecular flexibility index (Phi) is 4.41. The lowest BCUT2D eigenvalue weighted by Crippen LogP contribution is -2.03. The van der Waals surface area contributed by atoms with Crippen LogP contribution in [-0.4, -0.2) is 37.9 Å².